The van der Waals surface area contributed by atoms with Crippen LogP contribution >= 0.6 is 11.6 Å². The summed E-state index contributed by atoms with van der Waals surface area (Å²) in [6.45, 7) is 4.49. The molecule has 1 rings (SSSR count). The van der Waals surface area contributed by atoms with E-state index in [1.54, 1.807) is 31.2 Å². The zero-order valence-electron chi connectivity index (χ0n) is 12.7. The third-order valence-electron chi connectivity index (χ3n) is 3.04. The van der Waals surface area contributed by atoms with Gasteiger partial charge in [-0.3, -0.25) is 4.79 Å². The van der Waals surface area contributed by atoms with Crippen LogP contribution in [0.2, 0.25) is 5.02 Å². The average molecular weight is 338 g/mol. The van der Waals surface area contributed by atoms with E-state index < -0.39 is 24.1 Å². The van der Waals surface area contributed by atoms with Gasteiger partial charge >= 0.3 is 6.18 Å². The molecular weight excluding hydrogens is 319 g/mol. The standard InChI is InChI=1S/C15H19ClF3NO2/c1-4-20(10-9-15(17,18)19)13(21)14(2,3)22-12-7-5-11(16)6-8-12/h5-8H,4,9-10H2,1-3H3. The van der Waals surface area contributed by atoms with Crippen molar-refractivity contribution >= 4 is 17.5 Å². The minimum atomic E-state index is -4.30. The van der Waals surface area contributed by atoms with E-state index in [4.69, 9.17) is 16.3 Å². The zero-order chi connectivity index (χ0) is 17.0. The maximum atomic E-state index is 12.4. The smallest absolute Gasteiger partial charge is 0.390 e. The number of likely N-dealkylation sites (N-methyl/N-ethyl adjacent to an activating group) is 1. The number of benzene rings is 1. The molecule has 0 aliphatic rings. The van der Waals surface area contributed by atoms with Crippen LogP contribution in [-0.2, 0) is 4.79 Å². The molecule has 1 amide bonds. The minimum Gasteiger partial charge on any atom is -0.478 e. The molecule has 0 aliphatic heterocycles. The van der Waals surface area contributed by atoms with E-state index >= 15 is 0 Å². The van der Waals surface area contributed by atoms with Crippen LogP contribution in [0, 0.1) is 0 Å². The highest BCUT2D eigenvalue weighted by Crippen LogP contribution is 2.24. The van der Waals surface area contributed by atoms with Gasteiger partial charge in [0.25, 0.3) is 5.91 Å². The molecule has 22 heavy (non-hydrogen) atoms. The molecule has 3 nitrogen and oxygen atoms in total. The lowest BCUT2D eigenvalue weighted by Crippen LogP contribution is -2.49. The first kappa shape index (κ1) is 18.6. The van der Waals surface area contributed by atoms with Crippen LogP contribution < -0.4 is 4.74 Å². The second-order valence-electron chi connectivity index (χ2n) is 5.32. The van der Waals surface area contributed by atoms with Gasteiger partial charge in [0, 0.05) is 18.1 Å². The Bertz CT molecular complexity index is 501. The van der Waals surface area contributed by atoms with E-state index in [-0.39, 0.29) is 13.1 Å². The van der Waals surface area contributed by atoms with Gasteiger partial charge in [0.05, 0.1) is 6.42 Å². The fraction of sp³-hybridized carbons (Fsp3) is 0.533. The molecule has 0 radical (unpaired) electrons. The van der Waals surface area contributed by atoms with Crippen LogP contribution in [0.15, 0.2) is 24.3 Å². The summed E-state index contributed by atoms with van der Waals surface area (Å²) in [5.41, 5.74) is -1.27. The Balaban J connectivity index is 2.76. The fourth-order valence-corrected chi connectivity index (χ4v) is 2.01. The summed E-state index contributed by atoms with van der Waals surface area (Å²) in [7, 11) is 0. The monoisotopic (exact) mass is 337 g/mol. The second-order valence-corrected chi connectivity index (χ2v) is 5.75. The van der Waals surface area contributed by atoms with Gasteiger partial charge in [-0.15, -0.1) is 0 Å². The summed E-state index contributed by atoms with van der Waals surface area (Å²) < 4.78 is 42.5. The van der Waals surface area contributed by atoms with E-state index in [0.29, 0.717) is 10.8 Å². The first-order chi connectivity index (χ1) is 10.0. The zero-order valence-corrected chi connectivity index (χ0v) is 13.5. The van der Waals surface area contributed by atoms with Gasteiger partial charge in [-0.2, -0.15) is 13.2 Å². The van der Waals surface area contributed by atoms with Gasteiger partial charge < -0.3 is 9.64 Å². The Kier molecular flexibility index (Phi) is 6.11. The number of hydrogen-bond acceptors (Lipinski definition) is 2. The number of rotatable bonds is 6. The first-order valence-corrected chi connectivity index (χ1v) is 7.23. The first-order valence-electron chi connectivity index (χ1n) is 6.86. The molecule has 1 aromatic carbocycles. The van der Waals surface area contributed by atoms with Crippen molar-refractivity contribution in [2.45, 2.75) is 39.0 Å². The molecule has 0 saturated carbocycles. The van der Waals surface area contributed by atoms with Crippen molar-refractivity contribution in [2.75, 3.05) is 13.1 Å². The van der Waals surface area contributed by atoms with E-state index in [1.165, 1.54) is 13.8 Å². The van der Waals surface area contributed by atoms with Crippen molar-refractivity contribution in [1.82, 2.24) is 4.90 Å². The van der Waals surface area contributed by atoms with Crippen molar-refractivity contribution in [3.63, 3.8) is 0 Å². The molecule has 0 atom stereocenters. The molecule has 0 bridgehead atoms. The maximum absolute atomic E-state index is 12.4. The highest BCUT2D eigenvalue weighted by Gasteiger charge is 2.36. The molecule has 0 aliphatic carbocycles. The van der Waals surface area contributed by atoms with E-state index in [2.05, 4.69) is 0 Å². The summed E-state index contributed by atoms with van der Waals surface area (Å²) in [5.74, 6) is -0.0659. The SMILES string of the molecule is CCN(CCC(F)(F)F)C(=O)C(C)(C)Oc1ccc(Cl)cc1. The maximum Gasteiger partial charge on any atom is 0.390 e. The van der Waals surface area contributed by atoms with Crippen LogP contribution in [0.25, 0.3) is 0 Å². The van der Waals surface area contributed by atoms with Crippen LogP contribution in [0.5, 0.6) is 5.75 Å². The molecule has 1 aromatic rings. The molecule has 124 valence electrons. The predicted octanol–water partition coefficient (Wildman–Crippen LogP) is 4.30. The van der Waals surface area contributed by atoms with Crippen LogP contribution in [0.4, 0.5) is 13.2 Å². The van der Waals surface area contributed by atoms with Gasteiger partial charge in [0.2, 0.25) is 0 Å². The molecular formula is C15H19ClF3NO2. The molecule has 0 saturated heterocycles. The Morgan fingerprint density at radius 1 is 1.23 bits per heavy atom. The lowest BCUT2D eigenvalue weighted by atomic mass is 10.1. The Labute approximate surface area is 133 Å². The molecule has 0 heterocycles. The molecule has 0 fully saturated rings. The van der Waals surface area contributed by atoms with Gasteiger partial charge in [0.1, 0.15) is 5.75 Å². The van der Waals surface area contributed by atoms with Gasteiger partial charge in [0.15, 0.2) is 5.60 Å². The molecule has 0 aromatic heterocycles. The lowest BCUT2D eigenvalue weighted by Gasteiger charge is -2.32. The number of alkyl halides is 3. The Hall–Kier alpha value is -1.43. The van der Waals surface area contributed by atoms with Gasteiger partial charge in [-0.1, -0.05) is 11.6 Å². The fourth-order valence-electron chi connectivity index (χ4n) is 1.89. The largest absolute Gasteiger partial charge is 0.478 e. The second kappa shape index (κ2) is 7.22. The number of carbonyl (C=O) groups excluding carboxylic acids is 1. The molecule has 0 unspecified atom stereocenters. The van der Waals surface area contributed by atoms with E-state index in [1.807, 2.05) is 0 Å². The number of nitrogens with zero attached hydrogens (tertiary/aromatic N) is 1. The number of hydrogen-bond donors (Lipinski definition) is 0. The summed E-state index contributed by atoms with van der Waals surface area (Å²) >= 11 is 5.77. The summed E-state index contributed by atoms with van der Waals surface area (Å²) in [6, 6.07) is 6.42. The van der Waals surface area contributed by atoms with Crippen LogP contribution in [0.3, 0.4) is 0 Å². The third kappa shape index (κ3) is 5.75. The number of halogens is 4. The van der Waals surface area contributed by atoms with E-state index in [9.17, 15) is 18.0 Å². The van der Waals surface area contributed by atoms with Crippen molar-refractivity contribution in [3.8, 4) is 5.75 Å². The molecule has 0 spiro atoms. The number of amides is 1. The van der Waals surface area contributed by atoms with Crippen molar-refractivity contribution in [3.05, 3.63) is 29.3 Å². The van der Waals surface area contributed by atoms with Crippen LogP contribution in [0.1, 0.15) is 27.2 Å². The van der Waals surface area contributed by atoms with Gasteiger partial charge in [-0.25, -0.2) is 0 Å². The quantitative estimate of drug-likeness (QED) is 0.774. The summed E-state index contributed by atoms with van der Waals surface area (Å²) in [6.07, 6.45) is -5.33. The van der Waals surface area contributed by atoms with Crippen molar-refractivity contribution in [2.24, 2.45) is 0 Å². The normalized spacial score (nSPS) is 12.1. The average Bonchev–Trinajstić information content (AvgIpc) is 2.40. The number of carbonyl (C=O) groups is 1. The summed E-state index contributed by atoms with van der Waals surface area (Å²) in [5, 5.41) is 0.525. The lowest BCUT2D eigenvalue weighted by molar-refractivity contribution is -0.153. The molecule has 7 heteroatoms. The third-order valence-corrected chi connectivity index (χ3v) is 3.29. The number of ether oxygens (including phenoxy) is 1. The van der Waals surface area contributed by atoms with E-state index in [0.717, 1.165) is 4.90 Å². The summed E-state index contributed by atoms with van der Waals surface area (Å²) in [4.78, 5) is 13.5. The highest BCUT2D eigenvalue weighted by molar-refractivity contribution is 6.30. The van der Waals surface area contributed by atoms with Crippen molar-refractivity contribution < 1.29 is 22.7 Å². The minimum absolute atomic E-state index is 0.183. The predicted molar refractivity (Wildman–Crippen MR) is 79.1 cm³/mol. The Morgan fingerprint density at radius 3 is 2.23 bits per heavy atom. The highest BCUT2D eigenvalue weighted by atomic mass is 35.5. The van der Waals surface area contributed by atoms with Crippen molar-refractivity contribution in [1.29, 1.82) is 0 Å². The Morgan fingerprint density at radius 2 is 1.77 bits per heavy atom. The molecule has 0 N–H and O–H groups in total. The topological polar surface area (TPSA) is 29.5 Å². The van der Waals surface area contributed by atoms with Gasteiger partial charge in [-0.05, 0) is 45.0 Å². The van der Waals surface area contributed by atoms with Crippen LogP contribution in [-0.4, -0.2) is 35.7 Å².